The normalized spacial score (nSPS) is 22.8. The molecule has 2 N–H and O–H groups in total. The van der Waals surface area contributed by atoms with Gasteiger partial charge in [-0.3, -0.25) is 4.90 Å². The summed E-state index contributed by atoms with van der Waals surface area (Å²) < 4.78 is 7.47. The van der Waals surface area contributed by atoms with E-state index in [1.54, 1.807) is 0 Å². The summed E-state index contributed by atoms with van der Waals surface area (Å²) in [4.78, 5) is 10.0. The highest BCUT2D eigenvalue weighted by Gasteiger charge is 2.27. The van der Waals surface area contributed by atoms with Crippen LogP contribution in [0.1, 0.15) is 50.2 Å². The van der Waals surface area contributed by atoms with Crippen molar-refractivity contribution in [2.45, 2.75) is 64.1 Å². The number of guanidine groups is 1. The van der Waals surface area contributed by atoms with E-state index in [1.165, 1.54) is 51.6 Å². The van der Waals surface area contributed by atoms with E-state index in [1.807, 2.05) is 18.5 Å². The predicted molar refractivity (Wildman–Crippen MR) is 122 cm³/mol. The summed E-state index contributed by atoms with van der Waals surface area (Å²) in [6.45, 7) is 10.5. The second-order valence-corrected chi connectivity index (χ2v) is 9.16. The lowest BCUT2D eigenvalue weighted by Crippen LogP contribution is -2.51. The largest absolute Gasteiger partial charge is 0.379 e. The zero-order valence-corrected chi connectivity index (χ0v) is 19.4. The molecule has 9 heteroatoms. The molecule has 0 spiro atoms. The van der Waals surface area contributed by atoms with Crippen molar-refractivity contribution in [2.24, 2.45) is 12.0 Å². The Morgan fingerprint density at radius 3 is 2.48 bits per heavy atom. The van der Waals surface area contributed by atoms with Gasteiger partial charge in [-0.05, 0) is 32.6 Å². The van der Waals surface area contributed by atoms with Gasteiger partial charge in [0.15, 0.2) is 11.8 Å². The van der Waals surface area contributed by atoms with Gasteiger partial charge in [0.2, 0.25) is 0 Å². The Hall–Kier alpha value is -1.71. The number of nitrogens with zero attached hydrogens (tertiary/aromatic N) is 6. The van der Waals surface area contributed by atoms with Gasteiger partial charge in [-0.1, -0.05) is 12.8 Å². The highest BCUT2D eigenvalue weighted by Crippen LogP contribution is 2.26. The molecule has 2 saturated heterocycles. The van der Waals surface area contributed by atoms with Crippen molar-refractivity contribution in [2.75, 3.05) is 52.5 Å². The highest BCUT2D eigenvalue weighted by atomic mass is 16.5. The van der Waals surface area contributed by atoms with Crippen LogP contribution < -0.4 is 10.6 Å². The molecule has 0 radical (unpaired) electrons. The van der Waals surface area contributed by atoms with Crippen molar-refractivity contribution in [3.63, 3.8) is 0 Å². The fourth-order valence-electron chi connectivity index (χ4n) is 4.92. The van der Waals surface area contributed by atoms with Crippen LogP contribution in [0.5, 0.6) is 0 Å². The molecule has 0 aromatic carbocycles. The number of piperidine rings is 1. The average Bonchev–Trinajstić information content (AvgIpc) is 3.44. The predicted octanol–water partition coefficient (Wildman–Crippen LogP) is 0.898. The van der Waals surface area contributed by atoms with Gasteiger partial charge in [-0.25, -0.2) is 4.99 Å². The number of hydrogen-bond donors (Lipinski definition) is 2. The molecule has 1 aromatic rings. The summed E-state index contributed by atoms with van der Waals surface area (Å²) in [6, 6.07) is 1.31. The molecule has 31 heavy (non-hydrogen) atoms. The number of hydrogen-bond acceptors (Lipinski definition) is 6. The summed E-state index contributed by atoms with van der Waals surface area (Å²) in [5, 5.41) is 15.7. The van der Waals surface area contributed by atoms with Crippen molar-refractivity contribution in [1.29, 1.82) is 0 Å². The van der Waals surface area contributed by atoms with E-state index in [0.29, 0.717) is 12.6 Å². The molecule has 0 amide bonds. The zero-order chi connectivity index (χ0) is 21.5. The molecule has 3 aliphatic rings. The third-order valence-electron chi connectivity index (χ3n) is 7.10. The van der Waals surface area contributed by atoms with E-state index in [9.17, 15) is 0 Å². The SMILES string of the molecule is Cc1nnc(CN=C(NCCN2CCOCC2)NC2CCN(C3CCCC3)CC2)n1C. The van der Waals surface area contributed by atoms with Crippen LogP contribution in [0.4, 0.5) is 0 Å². The van der Waals surface area contributed by atoms with E-state index in [4.69, 9.17) is 9.73 Å². The molecule has 1 saturated carbocycles. The van der Waals surface area contributed by atoms with Crippen molar-refractivity contribution >= 4 is 5.96 Å². The number of likely N-dealkylation sites (tertiary alicyclic amines) is 1. The smallest absolute Gasteiger partial charge is 0.191 e. The molecule has 3 fully saturated rings. The van der Waals surface area contributed by atoms with Crippen LogP contribution in [-0.4, -0.2) is 95.1 Å². The maximum absolute atomic E-state index is 5.46. The molecule has 4 rings (SSSR count). The van der Waals surface area contributed by atoms with Crippen LogP contribution in [0.3, 0.4) is 0 Å². The topological polar surface area (TPSA) is 82.8 Å². The Labute approximate surface area is 186 Å². The van der Waals surface area contributed by atoms with E-state index >= 15 is 0 Å². The van der Waals surface area contributed by atoms with Gasteiger partial charge >= 0.3 is 0 Å². The molecule has 1 aromatic heterocycles. The second-order valence-electron chi connectivity index (χ2n) is 9.16. The van der Waals surface area contributed by atoms with Crippen molar-refractivity contribution in [1.82, 2.24) is 35.2 Å². The molecule has 2 aliphatic heterocycles. The Morgan fingerprint density at radius 2 is 1.81 bits per heavy atom. The molecule has 9 nitrogen and oxygen atoms in total. The number of morpholine rings is 1. The van der Waals surface area contributed by atoms with Gasteiger partial charge in [0, 0.05) is 58.4 Å². The van der Waals surface area contributed by atoms with Crippen molar-refractivity contribution in [3.8, 4) is 0 Å². The number of nitrogens with one attached hydrogen (secondary N) is 2. The molecule has 1 aliphatic carbocycles. The second kappa shape index (κ2) is 11.2. The summed E-state index contributed by atoms with van der Waals surface area (Å²) in [5.74, 6) is 2.70. The van der Waals surface area contributed by atoms with Crippen LogP contribution in [0, 0.1) is 6.92 Å². The van der Waals surface area contributed by atoms with Gasteiger partial charge in [0.25, 0.3) is 0 Å². The molecular weight excluding hydrogens is 392 g/mol. The maximum atomic E-state index is 5.46. The van der Waals surface area contributed by atoms with Crippen molar-refractivity contribution < 1.29 is 4.74 Å². The lowest BCUT2D eigenvalue weighted by atomic mass is 10.0. The standard InChI is InChI=1S/C22H40N8O/c1-18-26-27-21(28(18)2)17-24-22(23-9-12-29-13-15-31-16-14-29)25-19-7-10-30(11-8-19)20-5-3-4-6-20/h19-20H,3-17H2,1-2H3,(H2,23,24,25). The molecular formula is C22H40N8O. The fraction of sp³-hybridized carbons (Fsp3) is 0.864. The molecule has 0 unspecified atom stereocenters. The minimum Gasteiger partial charge on any atom is -0.379 e. The van der Waals surface area contributed by atoms with Crippen LogP contribution >= 0.6 is 0 Å². The first-order chi connectivity index (χ1) is 15.2. The lowest BCUT2D eigenvalue weighted by Gasteiger charge is -2.36. The fourth-order valence-corrected chi connectivity index (χ4v) is 4.92. The Morgan fingerprint density at radius 1 is 1.06 bits per heavy atom. The van der Waals surface area contributed by atoms with E-state index in [-0.39, 0.29) is 0 Å². The summed E-state index contributed by atoms with van der Waals surface area (Å²) >= 11 is 0. The van der Waals surface area contributed by atoms with Gasteiger partial charge < -0.3 is 24.8 Å². The minimum atomic E-state index is 0.480. The summed E-state index contributed by atoms with van der Waals surface area (Å²) in [6.07, 6.45) is 7.98. The third kappa shape index (κ3) is 6.40. The summed E-state index contributed by atoms with van der Waals surface area (Å²) in [7, 11) is 2.00. The Bertz CT molecular complexity index is 700. The first kappa shape index (κ1) is 22.5. The molecule has 0 bridgehead atoms. The Kier molecular flexibility index (Phi) is 8.15. The summed E-state index contributed by atoms with van der Waals surface area (Å²) in [5.41, 5.74) is 0. The third-order valence-corrected chi connectivity index (χ3v) is 7.10. The lowest BCUT2D eigenvalue weighted by molar-refractivity contribution is 0.0389. The molecule has 3 heterocycles. The monoisotopic (exact) mass is 432 g/mol. The first-order valence-electron chi connectivity index (χ1n) is 12.1. The van der Waals surface area contributed by atoms with Crippen molar-refractivity contribution in [3.05, 3.63) is 11.6 Å². The maximum Gasteiger partial charge on any atom is 0.191 e. The van der Waals surface area contributed by atoms with E-state index < -0.39 is 0 Å². The van der Waals surface area contributed by atoms with Gasteiger partial charge in [0.1, 0.15) is 12.4 Å². The van der Waals surface area contributed by atoms with Gasteiger partial charge in [-0.2, -0.15) is 0 Å². The number of aromatic nitrogens is 3. The first-order valence-corrected chi connectivity index (χ1v) is 12.1. The van der Waals surface area contributed by atoms with Gasteiger partial charge in [0.05, 0.1) is 13.2 Å². The minimum absolute atomic E-state index is 0.480. The van der Waals surface area contributed by atoms with E-state index in [0.717, 1.165) is 63.0 Å². The van der Waals surface area contributed by atoms with Crippen LogP contribution in [-0.2, 0) is 18.3 Å². The quantitative estimate of drug-likeness (QED) is 0.489. The number of rotatable bonds is 7. The van der Waals surface area contributed by atoms with Crippen LogP contribution in [0.25, 0.3) is 0 Å². The van der Waals surface area contributed by atoms with Crippen LogP contribution in [0.2, 0.25) is 0 Å². The zero-order valence-electron chi connectivity index (χ0n) is 19.4. The average molecular weight is 433 g/mol. The Balaban J connectivity index is 1.30. The van der Waals surface area contributed by atoms with E-state index in [2.05, 4.69) is 30.6 Å². The number of ether oxygens (including phenoxy) is 1. The number of aryl methyl sites for hydroxylation is 1. The molecule has 0 atom stereocenters. The molecule has 174 valence electrons. The van der Waals surface area contributed by atoms with Gasteiger partial charge in [-0.15, -0.1) is 10.2 Å². The number of aliphatic imine (C=N–C) groups is 1. The highest BCUT2D eigenvalue weighted by molar-refractivity contribution is 5.80. The van der Waals surface area contributed by atoms with Crippen LogP contribution in [0.15, 0.2) is 4.99 Å².